The van der Waals surface area contributed by atoms with Crippen molar-refractivity contribution in [3.63, 3.8) is 0 Å². The lowest BCUT2D eigenvalue weighted by molar-refractivity contribution is 0.0952. The lowest BCUT2D eigenvalue weighted by Gasteiger charge is -2.24. The molecule has 0 aliphatic heterocycles. The molecule has 0 spiro atoms. The van der Waals surface area contributed by atoms with Crippen LogP contribution in [0.4, 0.5) is 0 Å². The first kappa shape index (κ1) is 23.6. The van der Waals surface area contributed by atoms with Crippen LogP contribution in [0.1, 0.15) is 67.9 Å². The van der Waals surface area contributed by atoms with Crippen LogP contribution in [-0.2, 0) is 6.54 Å². The third kappa shape index (κ3) is 5.32. The highest BCUT2D eigenvalue weighted by Crippen LogP contribution is 2.36. The molecule has 1 N–H and O–H groups in total. The minimum Gasteiger partial charge on any atom is -0.496 e. The second-order valence-electron chi connectivity index (χ2n) is 8.99. The number of para-hydroxylation sites is 1. The van der Waals surface area contributed by atoms with Crippen molar-refractivity contribution in [1.29, 1.82) is 0 Å². The minimum atomic E-state index is 0.0183. The van der Waals surface area contributed by atoms with E-state index in [1.165, 1.54) is 32.1 Å². The fourth-order valence-corrected chi connectivity index (χ4v) is 5.60. The molecule has 3 aromatic rings. The Labute approximate surface area is 201 Å². The molecule has 4 rings (SSSR count). The lowest BCUT2D eigenvalue weighted by Crippen LogP contribution is -2.25. The molecular formula is C27H35N3O2S. The molecule has 0 atom stereocenters. The normalized spacial score (nSPS) is 14.4. The largest absolute Gasteiger partial charge is 0.496 e. The molecule has 176 valence electrons. The zero-order valence-corrected chi connectivity index (χ0v) is 20.8. The number of unbranched alkanes of at least 4 members (excludes halogenated alkanes) is 1. The maximum absolute atomic E-state index is 13.0. The van der Waals surface area contributed by atoms with Gasteiger partial charge in [-0.2, -0.15) is 0 Å². The number of amides is 1. The molecule has 1 aliphatic rings. The Hall–Kier alpha value is -2.60. The molecule has 0 unspecified atom stereocenters. The number of carbonyl (C=O) groups is 1. The van der Waals surface area contributed by atoms with Gasteiger partial charge >= 0.3 is 0 Å². The average molecular weight is 466 g/mol. The van der Waals surface area contributed by atoms with Crippen molar-refractivity contribution in [2.45, 2.75) is 65.3 Å². The van der Waals surface area contributed by atoms with Gasteiger partial charge in [-0.25, -0.2) is 4.98 Å². The second kappa shape index (κ2) is 11.0. The van der Waals surface area contributed by atoms with Crippen LogP contribution in [-0.4, -0.2) is 29.1 Å². The Balaban J connectivity index is 1.69. The van der Waals surface area contributed by atoms with Gasteiger partial charge < -0.3 is 14.6 Å². The Morgan fingerprint density at radius 3 is 2.79 bits per heavy atom. The van der Waals surface area contributed by atoms with E-state index in [1.54, 1.807) is 18.4 Å². The minimum absolute atomic E-state index is 0.0183. The predicted octanol–water partition coefficient (Wildman–Crippen LogP) is 6.71. The summed E-state index contributed by atoms with van der Waals surface area (Å²) in [4.78, 5) is 18.0. The summed E-state index contributed by atoms with van der Waals surface area (Å²) in [6.07, 6.45) is 8.54. The van der Waals surface area contributed by atoms with Crippen LogP contribution in [0.15, 0.2) is 35.7 Å². The van der Waals surface area contributed by atoms with E-state index in [-0.39, 0.29) is 5.91 Å². The Morgan fingerprint density at radius 2 is 2.03 bits per heavy atom. The molecule has 2 heterocycles. The summed E-state index contributed by atoms with van der Waals surface area (Å²) in [5.74, 6) is 1.50. The molecule has 6 heteroatoms. The maximum Gasteiger partial charge on any atom is 0.253 e. The highest BCUT2D eigenvalue weighted by atomic mass is 32.1. The van der Waals surface area contributed by atoms with Crippen LogP contribution in [0.2, 0.25) is 0 Å². The number of aromatic nitrogens is 2. The summed E-state index contributed by atoms with van der Waals surface area (Å²) in [5, 5.41) is 6.13. The maximum atomic E-state index is 13.0. The zero-order valence-electron chi connectivity index (χ0n) is 20.0. The van der Waals surface area contributed by atoms with Gasteiger partial charge in [0, 0.05) is 24.2 Å². The van der Waals surface area contributed by atoms with Crippen LogP contribution < -0.4 is 10.1 Å². The van der Waals surface area contributed by atoms with E-state index >= 15 is 0 Å². The number of ether oxygens (including phenoxy) is 1. The summed E-state index contributed by atoms with van der Waals surface area (Å²) in [6, 6.07) is 10.0. The zero-order chi connectivity index (χ0) is 23.2. The summed E-state index contributed by atoms with van der Waals surface area (Å²) in [7, 11) is 1.69. The number of methoxy groups -OCH3 is 1. The van der Waals surface area contributed by atoms with Gasteiger partial charge in [-0.05, 0) is 50.3 Å². The van der Waals surface area contributed by atoms with Gasteiger partial charge in [-0.1, -0.05) is 44.7 Å². The number of nitrogens with one attached hydrogen (secondary N) is 1. The Kier molecular flexibility index (Phi) is 7.86. The fourth-order valence-electron chi connectivity index (χ4n) is 4.76. The average Bonchev–Trinajstić information content (AvgIpc) is 3.45. The number of carbonyl (C=O) groups excluding carboxylic acids is 1. The topological polar surface area (TPSA) is 56.1 Å². The van der Waals surface area contributed by atoms with Crippen LogP contribution in [0.3, 0.4) is 0 Å². The smallest absolute Gasteiger partial charge is 0.253 e. The Morgan fingerprint density at radius 1 is 1.24 bits per heavy atom. The van der Waals surface area contributed by atoms with E-state index in [4.69, 9.17) is 9.72 Å². The van der Waals surface area contributed by atoms with E-state index in [2.05, 4.69) is 29.1 Å². The highest BCUT2D eigenvalue weighted by Gasteiger charge is 2.23. The first-order valence-electron chi connectivity index (χ1n) is 12.2. The molecule has 1 aromatic carbocycles. The standard InChI is InChI=1S/C27H35N3O2S/c1-4-5-15-28-26(31)22-16-24(30(19(22)2)17-20-11-7-6-8-12-20)23-18-33-27(29-23)21-13-9-10-14-25(21)32-3/h9-10,13-14,16,18,20H,4-8,11-12,15,17H2,1-3H3,(H,28,31). The quantitative estimate of drug-likeness (QED) is 0.358. The molecule has 1 aliphatic carbocycles. The molecule has 1 amide bonds. The lowest BCUT2D eigenvalue weighted by atomic mass is 9.89. The van der Waals surface area contributed by atoms with Crippen molar-refractivity contribution in [2.75, 3.05) is 13.7 Å². The SMILES string of the molecule is CCCCNC(=O)c1cc(-c2csc(-c3ccccc3OC)n2)n(CC2CCCCC2)c1C. The molecule has 2 aromatic heterocycles. The van der Waals surface area contributed by atoms with Gasteiger partial charge in [-0.15, -0.1) is 11.3 Å². The van der Waals surface area contributed by atoms with Crippen molar-refractivity contribution >= 4 is 17.2 Å². The fraction of sp³-hybridized carbons (Fsp3) is 0.481. The van der Waals surface area contributed by atoms with Gasteiger partial charge in [0.15, 0.2) is 0 Å². The number of hydrogen-bond donors (Lipinski definition) is 1. The van der Waals surface area contributed by atoms with Crippen molar-refractivity contribution in [3.05, 3.63) is 47.0 Å². The number of rotatable bonds is 9. The van der Waals surface area contributed by atoms with Crippen molar-refractivity contribution in [3.8, 4) is 27.7 Å². The van der Waals surface area contributed by atoms with E-state index in [1.807, 2.05) is 30.3 Å². The molecule has 0 radical (unpaired) electrons. The molecule has 0 bridgehead atoms. The number of benzene rings is 1. The van der Waals surface area contributed by atoms with Crippen molar-refractivity contribution < 1.29 is 9.53 Å². The van der Waals surface area contributed by atoms with Crippen molar-refractivity contribution in [2.24, 2.45) is 5.92 Å². The van der Waals surface area contributed by atoms with E-state index in [0.717, 1.165) is 58.4 Å². The predicted molar refractivity (Wildman–Crippen MR) is 136 cm³/mol. The number of hydrogen-bond acceptors (Lipinski definition) is 4. The van der Waals surface area contributed by atoms with Crippen LogP contribution >= 0.6 is 11.3 Å². The van der Waals surface area contributed by atoms with Crippen molar-refractivity contribution in [1.82, 2.24) is 14.9 Å². The van der Waals surface area contributed by atoms with Gasteiger partial charge in [0.25, 0.3) is 5.91 Å². The third-order valence-electron chi connectivity index (χ3n) is 6.70. The first-order valence-corrected chi connectivity index (χ1v) is 13.1. The highest BCUT2D eigenvalue weighted by molar-refractivity contribution is 7.13. The molecule has 0 saturated heterocycles. The van der Waals surface area contributed by atoms with E-state index < -0.39 is 0 Å². The van der Waals surface area contributed by atoms with E-state index in [0.29, 0.717) is 12.5 Å². The summed E-state index contributed by atoms with van der Waals surface area (Å²) in [6.45, 7) is 5.88. The molecule has 33 heavy (non-hydrogen) atoms. The second-order valence-corrected chi connectivity index (χ2v) is 9.85. The van der Waals surface area contributed by atoms with Gasteiger partial charge in [-0.3, -0.25) is 4.79 Å². The number of thiazole rings is 1. The van der Waals surface area contributed by atoms with Gasteiger partial charge in [0.05, 0.1) is 29.6 Å². The first-order chi connectivity index (χ1) is 16.1. The molecule has 1 fully saturated rings. The summed E-state index contributed by atoms with van der Waals surface area (Å²) >= 11 is 1.62. The van der Waals surface area contributed by atoms with Crippen LogP contribution in [0.25, 0.3) is 22.0 Å². The molecular weight excluding hydrogens is 430 g/mol. The third-order valence-corrected chi connectivity index (χ3v) is 7.57. The number of nitrogens with zero attached hydrogens (tertiary/aromatic N) is 2. The van der Waals surface area contributed by atoms with Crippen LogP contribution in [0.5, 0.6) is 5.75 Å². The van der Waals surface area contributed by atoms with Crippen LogP contribution in [0, 0.1) is 12.8 Å². The monoisotopic (exact) mass is 465 g/mol. The van der Waals surface area contributed by atoms with Gasteiger partial charge in [0.1, 0.15) is 10.8 Å². The molecule has 5 nitrogen and oxygen atoms in total. The molecule has 1 saturated carbocycles. The summed E-state index contributed by atoms with van der Waals surface area (Å²) in [5.41, 5.74) is 4.76. The van der Waals surface area contributed by atoms with E-state index in [9.17, 15) is 4.79 Å². The summed E-state index contributed by atoms with van der Waals surface area (Å²) < 4.78 is 7.89. The Bertz CT molecular complexity index is 1080. The van der Waals surface area contributed by atoms with Gasteiger partial charge in [0.2, 0.25) is 0 Å².